The van der Waals surface area contributed by atoms with Crippen LogP contribution in [0.4, 0.5) is 0 Å². The summed E-state index contributed by atoms with van der Waals surface area (Å²) in [5.41, 5.74) is 1.10. The first kappa shape index (κ1) is 20.4. The molecule has 1 heterocycles. The van der Waals surface area contributed by atoms with Crippen molar-refractivity contribution >= 4 is 5.97 Å². The molecule has 3 aromatic rings. The van der Waals surface area contributed by atoms with Gasteiger partial charge in [0.2, 0.25) is 11.8 Å². The average molecular weight is 403 g/mol. The Morgan fingerprint density at radius 3 is 2.53 bits per heavy atom. The number of nitriles is 1. The maximum atomic E-state index is 11.9. The summed E-state index contributed by atoms with van der Waals surface area (Å²) in [6.07, 6.45) is 3.63. The molecule has 0 fully saturated rings. The van der Waals surface area contributed by atoms with E-state index >= 15 is 0 Å². The Morgan fingerprint density at radius 1 is 1.03 bits per heavy atom. The minimum Gasteiger partial charge on any atom is -0.504 e. The van der Waals surface area contributed by atoms with E-state index in [4.69, 9.17) is 18.9 Å². The third-order valence-corrected chi connectivity index (χ3v) is 3.77. The molecule has 8 heteroatoms. The van der Waals surface area contributed by atoms with Crippen LogP contribution < -0.4 is 14.2 Å². The Hall–Kier alpha value is -4.38. The van der Waals surface area contributed by atoms with Gasteiger partial charge in [0.05, 0.1) is 31.1 Å². The lowest BCUT2D eigenvalue weighted by molar-refractivity contribution is -0.129. The van der Waals surface area contributed by atoms with Gasteiger partial charge in [-0.05, 0) is 30.7 Å². The van der Waals surface area contributed by atoms with Gasteiger partial charge in [0.25, 0.3) is 0 Å². The summed E-state index contributed by atoms with van der Waals surface area (Å²) in [5.74, 6) is 0.647. The molecule has 0 amide bonds. The molecule has 0 aliphatic rings. The van der Waals surface area contributed by atoms with Crippen LogP contribution in [0, 0.1) is 18.3 Å². The number of para-hydroxylation sites is 2. The molecular formula is C22H17N3O5. The van der Waals surface area contributed by atoms with Crippen molar-refractivity contribution in [1.29, 1.82) is 5.26 Å². The Kier molecular flexibility index (Phi) is 6.59. The highest BCUT2D eigenvalue weighted by Crippen LogP contribution is 2.35. The molecule has 0 spiro atoms. The number of benzene rings is 2. The normalized spacial score (nSPS) is 10.3. The van der Waals surface area contributed by atoms with Gasteiger partial charge in [-0.3, -0.25) is 0 Å². The van der Waals surface area contributed by atoms with Gasteiger partial charge < -0.3 is 18.9 Å². The standard InChI is InChI=1S/C22H17N3O5/c1-15-6-5-9-18(29-21(26)10-11-27-2)22(15)30-20-12-19(24-14-25-20)28-17-8-4-3-7-16(17)13-23/h3-12,14H,1-2H3/b11-10+. The molecule has 0 aliphatic carbocycles. The van der Waals surface area contributed by atoms with Crippen LogP contribution in [0.25, 0.3) is 0 Å². The zero-order chi connectivity index (χ0) is 21.3. The van der Waals surface area contributed by atoms with Crippen molar-refractivity contribution in [1.82, 2.24) is 9.97 Å². The number of methoxy groups -OCH3 is 1. The van der Waals surface area contributed by atoms with Crippen LogP contribution in [-0.4, -0.2) is 23.0 Å². The lowest BCUT2D eigenvalue weighted by Crippen LogP contribution is -2.06. The zero-order valence-electron chi connectivity index (χ0n) is 16.2. The van der Waals surface area contributed by atoms with E-state index in [-0.39, 0.29) is 17.5 Å². The number of ether oxygens (including phenoxy) is 4. The number of aromatic nitrogens is 2. The van der Waals surface area contributed by atoms with Crippen molar-refractivity contribution in [2.24, 2.45) is 0 Å². The van der Waals surface area contributed by atoms with Crippen molar-refractivity contribution < 1.29 is 23.7 Å². The summed E-state index contributed by atoms with van der Waals surface area (Å²) in [5, 5.41) is 9.19. The summed E-state index contributed by atoms with van der Waals surface area (Å²) in [7, 11) is 1.43. The minimum absolute atomic E-state index is 0.175. The lowest BCUT2D eigenvalue weighted by atomic mass is 10.2. The molecule has 3 rings (SSSR count). The van der Waals surface area contributed by atoms with E-state index in [1.54, 1.807) is 49.4 Å². The minimum atomic E-state index is -0.618. The highest BCUT2D eigenvalue weighted by molar-refractivity contribution is 5.84. The van der Waals surface area contributed by atoms with Crippen molar-refractivity contribution in [2.75, 3.05) is 7.11 Å². The predicted octanol–water partition coefficient (Wildman–Crippen LogP) is 4.31. The first-order valence-corrected chi connectivity index (χ1v) is 8.78. The second-order valence-corrected chi connectivity index (χ2v) is 5.87. The highest BCUT2D eigenvalue weighted by Gasteiger charge is 2.14. The monoisotopic (exact) mass is 403 g/mol. The average Bonchev–Trinajstić information content (AvgIpc) is 2.75. The number of carbonyl (C=O) groups excluding carboxylic acids is 1. The first-order valence-electron chi connectivity index (χ1n) is 8.78. The Bertz CT molecular complexity index is 1120. The fourth-order valence-electron chi connectivity index (χ4n) is 2.40. The first-order chi connectivity index (χ1) is 14.6. The maximum Gasteiger partial charge on any atom is 0.339 e. The van der Waals surface area contributed by atoms with Gasteiger partial charge in [-0.1, -0.05) is 24.3 Å². The van der Waals surface area contributed by atoms with E-state index in [0.717, 1.165) is 11.6 Å². The van der Waals surface area contributed by atoms with E-state index in [0.29, 0.717) is 17.1 Å². The largest absolute Gasteiger partial charge is 0.504 e. The third kappa shape index (κ3) is 5.11. The molecule has 0 saturated carbocycles. The van der Waals surface area contributed by atoms with Crippen LogP contribution in [0.2, 0.25) is 0 Å². The molecule has 0 radical (unpaired) electrons. The molecule has 0 aliphatic heterocycles. The molecule has 150 valence electrons. The van der Waals surface area contributed by atoms with Gasteiger partial charge in [0, 0.05) is 0 Å². The number of nitrogens with zero attached hydrogens (tertiary/aromatic N) is 3. The van der Waals surface area contributed by atoms with E-state index in [9.17, 15) is 10.1 Å². The molecule has 0 bridgehead atoms. The maximum absolute atomic E-state index is 11.9. The van der Waals surface area contributed by atoms with Crippen LogP contribution in [0.1, 0.15) is 11.1 Å². The second-order valence-electron chi connectivity index (χ2n) is 5.87. The zero-order valence-corrected chi connectivity index (χ0v) is 16.2. The van der Waals surface area contributed by atoms with Crippen molar-refractivity contribution in [3.8, 4) is 35.1 Å². The molecule has 30 heavy (non-hydrogen) atoms. The fraction of sp³-hybridized carbons (Fsp3) is 0.0909. The molecular weight excluding hydrogens is 386 g/mol. The molecule has 0 unspecified atom stereocenters. The van der Waals surface area contributed by atoms with Gasteiger partial charge in [-0.2, -0.15) is 5.26 Å². The third-order valence-electron chi connectivity index (χ3n) is 3.77. The van der Waals surface area contributed by atoms with Crippen LogP contribution in [-0.2, 0) is 9.53 Å². The van der Waals surface area contributed by atoms with Gasteiger partial charge in [0.1, 0.15) is 18.1 Å². The van der Waals surface area contributed by atoms with E-state index < -0.39 is 5.97 Å². The van der Waals surface area contributed by atoms with Crippen LogP contribution >= 0.6 is 0 Å². The Balaban J connectivity index is 1.84. The molecule has 0 atom stereocenters. The smallest absolute Gasteiger partial charge is 0.339 e. The second kappa shape index (κ2) is 9.71. The van der Waals surface area contributed by atoms with Crippen molar-refractivity contribution in [3.63, 3.8) is 0 Å². The predicted molar refractivity (Wildman–Crippen MR) is 106 cm³/mol. The van der Waals surface area contributed by atoms with E-state index in [2.05, 4.69) is 16.0 Å². The van der Waals surface area contributed by atoms with Gasteiger partial charge in [-0.25, -0.2) is 14.8 Å². The van der Waals surface area contributed by atoms with Gasteiger partial charge >= 0.3 is 5.97 Å². The number of rotatable bonds is 7. The van der Waals surface area contributed by atoms with Crippen molar-refractivity contribution in [2.45, 2.75) is 6.92 Å². The summed E-state index contributed by atoms with van der Waals surface area (Å²) in [6.45, 7) is 1.80. The number of aryl methyl sites for hydroxylation is 1. The highest BCUT2D eigenvalue weighted by atomic mass is 16.6. The fourth-order valence-corrected chi connectivity index (χ4v) is 2.40. The summed E-state index contributed by atoms with van der Waals surface area (Å²) >= 11 is 0. The summed E-state index contributed by atoms with van der Waals surface area (Å²) in [6, 6.07) is 15.5. The van der Waals surface area contributed by atoms with Crippen molar-refractivity contribution in [3.05, 3.63) is 78.3 Å². The summed E-state index contributed by atoms with van der Waals surface area (Å²) < 4.78 is 21.6. The van der Waals surface area contributed by atoms with Crippen LogP contribution in [0.3, 0.4) is 0 Å². The quantitative estimate of drug-likeness (QED) is 0.249. The summed E-state index contributed by atoms with van der Waals surface area (Å²) in [4.78, 5) is 20.0. The Morgan fingerprint density at radius 2 is 1.77 bits per heavy atom. The lowest BCUT2D eigenvalue weighted by Gasteiger charge is -2.13. The molecule has 0 saturated heterocycles. The molecule has 0 N–H and O–H groups in total. The van der Waals surface area contributed by atoms with Gasteiger partial charge in [0.15, 0.2) is 11.5 Å². The number of hydrogen-bond donors (Lipinski definition) is 0. The number of carbonyl (C=O) groups is 1. The number of esters is 1. The number of hydrogen-bond acceptors (Lipinski definition) is 8. The molecule has 1 aromatic heterocycles. The topological polar surface area (TPSA) is 104 Å². The van der Waals surface area contributed by atoms with E-state index in [1.165, 1.54) is 25.8 Å². The Labute approximate surface area is 172 Å². The molecule has 2 aromatic carbocycles. The van der Waals surface area contributed by atoms with Crippen LogP contribution in [0.15, 0.2) is 67.2 Å². The van der Waals surface area contributed by atoms with Crippen LogP contribution in [0.5, 0.6) is 29.0 Å². The van der Waals surface area contributed by atoms with Gasteiger partial charge in [-0.15, -0.1) is 0 Å². The van der Waals surface area contributed by atoms with E-state index in [1.807, 2.05) is 0 Å². The molecule has 8 nitrogen and oxygen atoms in total. The SMILES string of the molecule is CO/C=C/C(=O)Oc1cccc(C)c1Oc1cc(Oc2ccccc2C#N)ncn1.